The third-order valence-corrected chi connectivity index (χ3v) is 3.65. The van der Waals surface area contributed by atoms with Crippen LogP contribution in [0.2, 0.25) is 4.34 Å². The van der Waals surface area contributed by atoms with Crippen molar-refractivity contribution in [1.29, 1.82) is 0 Å². The van der Waals surface area contributed by atoms with Crippen LogP contribution >= 0.6 is 22.9 Å². The van der Waals surface area contributed by atoms with E-state index in [-0.39, 0.29) is 6.61 Å². The molecule has 1 aromatic heterocycles. The van der Waals surface area contributed by atoms with E-state index in [1.165, 1.54) is 0 Å². The van der Waals surface area contributed by atoms with Gasteiger partial charge in [-0.1, -0.05) is 18.5 Å². The van der Waals surface area contributed by atoms with E-state index in [4.69, 9.17) is 16.7 Å². The molecule has 2 nitrogen and oxygen atoms in total. The zero-order valence-electron chi connectivity index (χ0n) is 8.53. The molecule has 0 fully saturated rings. The van der Waals surface area contributed by atoms with E-state index >= 15 is 0 Å². The molecule has 0 radical (unpaired) electrons. The van der Waals surface area contributed by atoms with Gasteiger partial charge in [0.15, 0.2) is 0 Å². The van der Waals surface area contributed by atoms with Gasteiger partial charge in [-0.05, 0) is 24.5 Å². The van der Waals surface area contributed by atoms with Crippen molar-refractivity contribution in [1.82, 2.24) is 0 Å². The Morgan fingerprint density at radius 3 is 2.71 bits per heavy atom. The van der Waals surface area contributed by atoms with Gasteiger partial charge >= 0.3 is 0 Å². The number of aliphatic hydroxyl groups is 1. The number of nitrogens with zero attached hydrogens (tertiary/aromatic N) is 1. The number of thiophene rings is 1. The topological polar surface area (TPSA) is 23.5 Å². The molecule has 0 bridgehead atoms. The lowest BCUT2D eigenvalue weighted by molar-refractivity contribution is 0.226. The number of hydrogen-bond donors (Lipinski definition) is 1. The van der Waals surface area contributed by atoms with E-state index in [1.54, 1.807) is 11.3 Å². The summed E-state index contributed by atoms with van der Waals surface area (Å²) in [6.07, 6.45) is 1.000. The van der Waals surface area contributed by atoms with Crippen molar-refractivity contribution in [3.05, 3.63) is 16.5 Å². The second kappa shape index (κ2) is 5.59. The van der Waals surface area contributed by atoms with E-state index < -0.39 is 0 Å². The molecule has 0 aliphatic carbocycles. The first kappa shape index (κ1) is 11.8. The van der Waals surface area contributed by atoms with Crippen LogP contribution in [0.15, 0.2) is 12.1 Å². The van der Waals surface area contributed by atoms with Crippen molar-refractivity contribution >= 4 is 27.9 Å². The maximum absolute atomic E-state index is 9.08. The molecule has 4 heteroatoms. The van der Waals surface area contributed by atoms with Crippen LogP contribution in [0.25, 0.3) is 0 Å². The Balaban J connectivity index is 2.53. The van der Waals surface area contributed by atoms with Crippen LogP contribution in [0.1, 0.15) is 13.3 Å². The molecule has 1 N–H and O–H groups in total. The molecular formula is C10H16ClNOS. The molecule has 1 atom stereocenters. The Morgan fingerprint density at radius 2 is 2.29 bits per heavy atom. The quantitative estimate of drug-likeness (QED) is 0.846. The van der Waals surface area contributed by atoms with E-state index in [2.05, 4.69) is 11.8 Å². The van der Waals surface area contributed by atoms with Crippen LogP contribution < -0.4 is 4.90 Å². The van der Waals surface area contributed by atoms with Crippen molar-refractivity contribution in [2.45, 2.75) is 13.3 Å². The monoisotopic (exact) mass is 233 g/mol. The molecule has 1 heterocycles. The minimum Gasteiger partial charge on any atom is -0.396 e. The van der Waals surface area contributed by atoms with Gasteiger partial charge in [0.05, 0.1) is 9.34 Å². The zero-order valence-corrected chi connectivity index (χ0v) is 10.1. The summed E-state index contributed by atoms with van der Waals surface area (Å²) >= 11 is 7.42. The first-order chi connectivity index (χ1) is 6.67. The minimum absolute atomic E-state index is 0.250. The highest BCUT2D eigenvalue weighted by atomic mass is 35.5. The number of halogens is 1. The number of anilines is 1. The highest BCUT2D eigenvalue weighted by Crippen LogP contribution is 2.29. The summed E-state index contributed by atoms with van der Waals surface area (Å²) in [5, 5.41) is 10.2. The summed E-state index contributed by atoms with van der Waals surface area (Å²) in [6, 6.07) is 3.91. The Bertz CT molecular complexity index is 273. The van der Waals surface area contributed by atoms with Crippen LogP contribution in [0.4, 0.5) is 5.00 Å². The predicted octanol–water partition coefficient (Wildman–Crippen LogP) is 2.86. The van der Waals surface area contributed by atoms with Crippen LogP contribution in [0.5, 0.6) is 0 Å². The van der Waals surface area contributed by atoms with Crippen LogP contribution in [0, 0.1) is 5.92 Å². The molecule has 1 rings (SSSR count). The van der Waals surface area contributed by atoms with E-state index in [1.807, 2.05) is 19.2 Å². The van der Waals surface area contributed by atoms with E-state index in [0.717, 1.165) is 22.3 Å². The number of aliphatic hydroxyl groups excluding tert-OH is 1. The van der Waals surface area contributed by atoms with Gasteiger partial charge in [-0.2, -0.15) is 0 Å². The Kier molecular flexibility index (Phi) is 4.72. The molecule has 0 aliphatic heterocycles. The largest absolute Gasteiger partial charge is 0.396 e. The van der Waals surface area contributed by atoms with Crippen molar-refractivity contribution < 1.29 is 5.11 Å². The molecular weight excluding hydrogens is 218 g/mol. The van der Waals surface area contributed by atoms with Crippen LogP contribution in [-0.2, 0) is 0 Å². The molecule has 0 aromatic carbocycles. The molecule has 1 aromatic rings. The van der Waals surface area contributed by atoms with Gasteiger partial charge in [-0.25, -0.2) is 0 Å². The van der Waals surface area contributed by atoms with Crippen LogP contribution in [-0.4, -0.2) is 25.3 Å². The highest BCUT2D eigenvalue weighted by molar-refractivity contribution is 7.19. The van der Waals surface area contributed by atoms with Gasteiger partial charge in [0.2, 0.25) is 0 Å². The summed E-state index contributed by atoms with van der Waals surface area (Å²) < 4.78 is 0.809. The van der Waals surface area contributed by atoms with Crippen molar-refractivity contribution in [2.24, 2.45) is 5.92 Å². The second-order valence-corrected chi connectivity index (χ2v) is 5.11. The smallest absolute Gasteiger partial charge is 0.0950 e. The van der Waals surface area contributed by atoms with Gasteiger partial charge in [-0.15, -0.1) is 11.3 Å². The number of rotatable bonds is 5. The summed E-state index contributed by atoms with van der Waals surface area (Å²) in [4.78, 5) is 2.14. The average Bonchev–Trinajstić information content (AvgIpc) is 2.61. The van der Waals surface area contributed by atoms with Gasteiger partial charge in [-0.3, -0.25) is 0 Å². The minimum atomic E-state index is 0.250. The molecule has 0 spiro atoms. The summed E-state index contributed by atoms with van der Waals surface area (Å²) in [5.41, 5.74) is 0. The fraction of sp³-hybridized carbons (Fsp3) is 0.600. The molecule has 14 heavy (non-hydrogen) atoms. The third kappa shape index (κ3) is 3.15. The fourth-order valence-electron chi connectivity index (χ4n) is 1.30. The first-order valence-electron chi connectivity index (χ1n) is 4.74. The lowest BCUT2D eigenvalue weighted by Crippen LogP contribution is -2.26. The first-order valence-corrected chi connectivity index (χ1v) is 5.94. The highest BCUT2D eigenvalue weighted by Gasteiger charge is 2.10. The van der Waals surface area contributed by atoms with Crippen molar-refractivity contribution in [2.75, 3.05) is 25.1 Å². The fourth-order valence-corrected chi connectivity index (χ4v) is 2.31. The maximum atomic E-state index is 9.08. The maximum Gasteiger partial charge on any atom is 0.0950 e. The third-order valence-electron chi connectivity index (χ3n) is 2.30. The van der Waals surface area contributed by atoms with Gasteiger partial charge in [0, 0.05) is 20.2 Å². The van der Waals surface area contributed by atoms with E-state index in [9.17, 15) is 0 Å². The standard InChI is InChI=1S/C10H16ClNOS/c1-3-8(7-13)6-12(2)10-5-4-9(11)14-10/h4-5,8,13H,3,6-7H2,1-2H3. The normalized spacial score (nSPS) is 12.9. The summed E-state index contributed by atoms with van der Waals surface area (Å²) in [5.74, 6) is 0.348. The molecule has 1 unspecified atom stereocenters. The van der Waals surface area contributed by atoms with Gasteiger partial charge < -0.3 is 10.0 Å². The van der Waals surface area contributed by atoms with Gasteiger partial charge in [0.25, 0.3) is 0 Å². The SMILES string of the molecule is CCC(CO)CN(C)c1ccc(Cl)s1. The Labute approximate surface area is 94.1 Å². The Morgan fingerprint density at radius 1 is 1.57 bits per heavy atom. The molecule has 0 amide bonds. The summed E-state index contributed by atoms with van der Waals surface area (Å²) in [6.45, 7) is 3.22. The Hall–Kier alpha value is -0.250. The van der Waals surface area contributed by atoms with E-state index in [0.29, 0.717) is 5.92 Å². The lowest BCUT2D eigenvalue weighted by atomic mass is 10.1. The molecule has 0 saturated heterocycles. The van der Waals surface area contributed by atoms with Crippen molar-refractivity contribution in [3.63, 3.8) is 0 Å². The second-order valence-electron chi connectivity index (χ2n) is 3.42. The summed E-state index contributed by atoms with van der Waals surface area (Å²) in [7, 11) is 2.03. The zero-order chi connectivity index (χ0) is 10.6. The average molecular weight is 234 g/mol. The molecule has 0 saturated carbocycles. The number of hydrogen-bond acceptors (Lipinski definition) is 3. The molecule has 80 valence electrons. The predicted molar refractivity (Wildman–Crippen MR) is 63.5 cm³/mol. The van der Waals surface area contributed by atoms with Crippen LogP contribution in [0.3, 0.4) is 0 Å². The lowest BCUT2D eigenvalue weighted by Gasteiger charge is -2.22. The van der Waals surface area contributed by atoms with Crippen molar-refractivity contribution in [3.8, 4) is 0 Å². The van der Waals surface area contributed by atoms with Gasteiger partial charge in [0.1, 0.15) is 0 Å². The molecule has 0 aliphatic rings.